The van der Waals surface area contributed by atoms with Gasteiger partial charge in [0.1, 0.15) is 0 Å². The van der Waals surface area contributed by atoms with Gasteiger partial charge in [0, 0.05) is 22.8 Å². The quantitative estimate of drug-likeness (QED) is 0.764. The monoisotopic (exact) mass is 292 g/mol. The third kappa shape index (κ3) is 3.29. The standard InChI is InChI=1S/C14H17BrN2/c15-12-5-6-13(17-10-12)9-14(11-16)7-3-1-2-4-8-14/h5-6,10H,1-4,7-9H2. The van der Waals surface area contributed by atoms with E-state index >= 15 is 0 Å². The van der Waals surface area contributed by atoms with Gasteiger partial charge in [0.05, 0.1) is 11.5 Å². The van der Waals surface area contributed by atoms with E-state index in [1.165, 1.54) is 25.7 Å². The van der Waals surface area contributed by atoms with Crippen molar-refractivity contribution >= 4 is 15.9 Å². The largest absolute Gasteiger partial charge is 0.260 e. The first-order chi connectivity index (χ1) is 8.24. The van der Waals surface area contributed by atoms with Crippen LogP contribution in [0.2, 0.25) is 0 Å². The molecule has 1 aliphatic carbocycles. The minimum absolute atomic E-state index is 0.169. The molecule has 0 aliphatic heterocycles. The molecule has 3 heteroatoms. The second-order valence-corrected chi connectivity index (χ2v) is 5.87. The number of halogens is 1. The Balaban J connectivity index is 2.13. The Labute approximate surface area is 111 Å². The van der Waals surface area contributed by atoms with Gasteiger partial charge in [-0.3, -0.25) is 4.98 Å². The first kappa shape index (κ1) is 12.6. The SMILES string of the molecule is N#CC1(Cc2ccc(Br)cn2)CCCCCC1. The molecule has 0 amide bonds. The molecule has 1 aliphatic rings. The zero-order valence-corrected chi connectivity index (χ0v) is 11.5. The Morgan fingerprint density at radius 3 is 2.47 bits per heavy atom. The van der Waals surface area contributed by atoms with E-state index in [9.17, 15) is 5.26 Å². The van der Waals surface area contributed by atoms with Crippen molar-refractivity contribution in [3.63, 3.8) is 0 Å². The van der Waals surface area contributed by atoms with Crippen LogP contribution >= 0.6 is 15.9 Å². The minimum atomic E-state index is -0.169. The number of hydrogen-bond donors (Lipinski definition) is 0. The van der Waals surface area contributed by atoms with E-state index in [0.717, 1.165) is 29.4 Å². The van der Waals surface area contributed by atoms with Gasteiger partial charge in [-0.1, -0.05) is 25.7 Å². The van der Waals surface area contributed by atoms with Crippen molar-refractivity contribution in [1.29, 1.82) is 5.26 Å². The van der Waals surface area contributed by atoms with Gasteiger partial charge < -0.3 is 0 Å². The van der Waals surface area contributed by atoms with Gasteiger partial charge in [-0.25, -0.2) is 0 Å². The first-order valence-electron chi connectivity index (χ1n) is 6.26. The lowest BCUT2D eigenvalue weighted by molar-refractivity contribution is 0.336. The average Bonchev–Trinajstić information content (AvgIpc) is 2.58. The third-order valence-electron chi connectivity index (χ3n) is 3.61. The molecule has 1 aromatic heterocycles. The van der Waals surface area contributed by atoms with Gasteiger partial charge in [0.2, 0.25) is 0 Å². The van der Waals surface area contributed by atoms with Crippen molar-refractivity contribution in [3.05, 3.63) is 28.5 Å². The van der Waals surface area contributed by atoms with Crippen LogP contribution in [-0.2, 0) is 6.42 Å². The Bertz CT molecular complexity index is 397. The van der Waals surface area contributed by atoms with Crippen LogP contribution in [0.1, 0.15) is 44.2 Å². The van der Waals surface area contributed by atoms with E-state index in [0.29, 0.717) is 0 Å². The fourth-order valence-electron chi connectivity index (χ4n) is 2.59. The highest BCUT2D eigenvalue weighted by Crippen LogP contribution is 2.37. The van der Waals surface area contributed by atoms with E-state index in [1.54, 1.807) is 0 Å². The molecule has 0 saturated heterocycles. The fourth-order valence-corrected chi connectivity index (χ4v) is 2.83. The molecule has 2 rings (SSSR count). The summed E-state index contributed by atoms with van der Waals surface area (Å²) in [4.78, 5) is 4.40. The number of rotatable bonds is 2. The highest BCUT2D eigenvalue weighted by molar-refractivity contribution is 9.10. The van der Waals surface area contributed by atoms with Gasteiger partial charge in [-0.05, 0) is 40.9 Å². The summed E-state index contributed by atoms with van der Waals surface area (Å²) < 4.78 is 0.994. The predicted molar refractivity (Wildman–Crippen MR) is 71.4 cm³/mol. The lowest BCUT2D eigenvalue weighted by Gasteiger charge is -2.24. The lowest BCUT2D eigenvalue weighted by atomic mass is 9.78. The normalized spacial score (nSPS) is 19.3. The Kier molecular flexibility index (Phi) is 4.17. The molecule has 1 fully saturated rings. The summed E-state index contributed by atoms with van der Waals surface area (Å²) in [6.07, 6.45) is 9.60. The maximum Gasteiger partial charge on any atom is 0.0693 e. The molecule has 1 heterocycles. The molecule has 0 N–H and O–H groups in total. The highest BCUT2D eigenvalue weighted by Gasteiger charge is 2.31. The number of hydrogen-bond acceptors (Lipinski definition) is 2. The van der Waals surface area contributed by atoms with Gasteiger partial charge in [0.15, 0.2) is 0 Å². The van der Waals surface area contributed by atoms with E-state index in [1.807, 2.05) is 18.3 Å². The molecule has 17 heavy (non-hydrogen) atoms. The van der Waals surface area contributed by atoms with Crippen molar-refractivity contribution in [2.45, 2.75) is 44.9 Å². The van der Waals surface area contributed by atoms with Crippen molar-refractivity contribution < 1.29 is 0 Å². The van der Waals surface area contributed by atoms with Crippen molar-refractivity contribution in [3.8, 4) is 6.07 Å². The van der Waals surface area contributed by atoms with E-state index in [-0.39, 0.29) is 5.41 Å². The molecule has 1 aromatic rings. The molecular formula is C14H17BrN2. The van der Waals surface area contributed by atoms with E-state index < -0.39 is 0 Å². The summed E-state index contributed by atoms with van der Waals surface area (Å²) in [5.41, 5.74) is 0.869. The molecule has 0 atom stereocenters. The molecule has 0 aromatic carbocycles. The number of aromatic nitrogens is 1. The van der Waals surface area contributed by atoms with Crippen LogP contribution in [0.3, 0.4) is 0 Å². The number of nitriles is 1. The molecule has 0 unspecified atom stereocenters. The zero-order chi connectivity index (χ0) is 12.1. The lowest BCUT2D eigenvalue weighted by Crippen LogP contribution is -2.21. The maximum atomic E-state index is 9.50. The topological polar surface area (TPSA) is 36.7 Å². The Hall–Kier alpha value is -0.880. The van der Waals surface area contributed by atoms with Crippen LogP contribution < -0.4 is 0 Å². The van der Waals surface area contributed by atoms with Gasteiger partial charge >= 0.3 is 0 Å². The van der Waals surface area contributed by atoms with Gasteiger partial charge in [0.25, 0.3) is 0 Å². The molecule has 2 nitrogen and oxygen atoms in total. The van der Waals surface area contributed by atoms with Gasteiger partial charge in [-0.15, -0.1) is 0 Å². The minimum Gasteiger partial charge on any atom is -0.260 e. The average molecular weight is 293 g/mol. The molecule has 0 bridgehead atoms. The van der Waals surface area contributed by atoms with Crippen LogP contribution in [0.15, 0.2) is 22.8 Å². The fraction of sp³-hybridized carbons (Fsp3) is 0.571. The molecule has 1 saturated carbocycles. The summed E-state index contributed by atoms with van der Waals surface area (Å²) >= 11 is 3.39. The Morgan fingerprint density at radius 2 is 1.94 bits per heavy atom. The number of nitrogens with zero attached hydrogens (tertiary/aromatic N) is 2. The second kappa shape index (κ2) is 5.64. The van der Waals surface area contributed by atoms with Crippen LogP contribution in [0.4, 0.5) is 0 Å². The predicted octanol–water partition coefficient (Wildman–Crippen LogP) is 4.25. The maximum absolute atomic E-state index is 9.50. The third-order valence-corrected chi connectivity index (χ3v) is 4.08. The summed E-state index contributed by atoms with van der Waals surface area (Å²) in [5.74, 6) is 0. The summed E-state index contributed by atoms with van der Waals surface area (Å²) in [5, 5.41) is 9.50. The first-order valence-corrected chi connectivity index (χ1v) is 7.05. The molecule has 0 spiro atoms. The van der Waals surface area contributed by atoms with E-state index in [4.69, 9.17) is 0 Å². The highest BCUT2D eigenvalue weighted by atomic mass is 79.9. The summed E-state index contributed by atoms with van der Waals surface area (Å²) in [7, 11) is 0. The van der Waals surface area contributed by atoms with Crippen molar-refractivity contribution in [2.75, 3.05) is 0 Å². The van der Waals surface area contributed by atoms with Crippen LogP contribution in [0, 0.1) is 16.7 Å². The van der Waals surface area contributed by atoms with Crippen LogP contribution in [0.25, 0.3) is 0 Å². The van der Waals surface area contributed by atoms with Crippen molar-refractivity contribution in [1.82, 2.24) is 4.98 Å². The van der Waals surface area contributed by atoms with Crippen molar-refractivity contribution in [2.24, 2.45) is 5.41 Å². The van der Waals surface area contributed by atoms with Gasteiger partial charge in [-0.2, -0.15) is 5.26 Å². The summed E-state index contributed by atoms with van der Waals surface area (Å²) in [6.45, 7) is 0. The molecule has 0 radical (unpaired) electrons. The molecular weight excluding hydrogens is 276 g/mol. The van der Waals surface area contributed by atoms with E-state index in [2.05, 4.69) is 27.0 Å². The second-order valence-electron chi connectivity index (χ2n) is 4.95. The smallest absolute Gasteiger partial charge is 0.0693 e. The summed E-state index contributed by atoms with van der Waals surface area (Å²) in [6, 6.07) is 6.59. The van der Waals surface area contributed by atoms with Crippen LogP contribution in [-0.4, -0.2) is 4.98 Å². The number of pyridine rings is 1. The molecule has 90 valence electrons. The zero-order valence-electron chi connectivity index (χ0n) is 9.95. The van der Waals surface area contributed by atoms with Crippen LogP contribution in [0.5, 0.6) is 0 Å². The Morgan fingerprint density at radius 1 is 1.24 bits per heavy atom.